The molecule has 0 saturated carbocycles. The molecule has 3 rings (SSSR count). The van der Waals surface area contributed by atoms with Crippen LogP contribution in [0.15, 0.2) is 18.2 Å². The molecule has 1 N–H and O–H groups in total. The molecule has 0 spiro atoms. The number of amides is 1. The SMILES string of the molecule is O=C(COc1nsnc1N1CCOCC1)Nc1ccc(F)c(Cl)c1. The Bertz CT molecular complexity index is 724. The second-order valence-corrected chi connectivity index (χ2v) is 5.89. The second kappa shape index (κ2) is 7.73. The van der Waals surface area contributed by atoms with Crippen LogP contribution in [0.4, 0.5) is 15.9 Å². The summed E-state index contributed by atoms with van der Waals surface area (Å²) in [5.41, 5.74) is 0.389. The van der Waals surface area contributed by atoms with Gasteiger partial charge in [0, 0.05) is 18.8 Å². The average molecular weight is 373 g/mol. The largest absolute Gasteiger partial charge is 0.464 e. The van der Waals surface area contributed by atoms with Crippen molar-refractivity contribution in [2.75, 3.05) is 43.1 Å². The molecular formula is C14H14ClFN4O3S. The number of carbonyl (C=O) groups excluding carboxylic acids is 1. The van der Waals surface area contributed by atoms with E-state index in [9.17, 15) is 9.18 Å². The van der Waals surface area contributed by atoms with Crippen LogP contribution in [0.25, 0.3) is 0 Å². The molecule has 128 valence electrons. The quantitative estimate of drug-likeness (QED) is 0.867. The first-order valence-electron chi connectivity index (χ1n) is 7.16. The zero-order valence-electron chi connectivity index (χ0n) is 12.5. The lowest BCUT2D eigenvalue weighted by Crippen LogP contribution is -2.36. The number of nitrogens with one attached hydrogen (secondary N) is 1. The number of ether oxygens (including phenoxy) is 2. The van der Waals surface area contributed by atoms with Crippen molar-refractivity contribution < 1.29 is 18.7 Å². The molecule has 1 aliphatic heterocycles. The molecule has 0 atom stereocenters. The van der Waals surface area contributed by atoms with E-state index in [4.69, 9.17) is 21.1 Å². The molecule has 1 saturated heterocycles. The molecule has 1 aliphatic rings. The highest BCUT2D eigenvalue weighted by molar-refractivity contribution is 6.99. The molecule has 1 amide bonds. The Morgan fingerprint density at radius 1 is 1.42 bits per heavy atom. The van der Waals surface area contributed by atoms with Gasteiger partial charge in [-0.3, -0.25) is 4.79 Å². The van der Waals surface area contributed by atoms with Crippen LogP contribution in [-0.4, -0.2) is 47.6 Å². The summed E-state index contributed by atoms with van der Waals surface area (Å²) in [6.45, 7) is 2.38. The topological polar surface area (TPSA) is 76.6 Å². The Labute approximate surface area is 146 Å². The molecular weight excluding hydrogens is 359 g/mol. The van der Waals surface area contributed by atoms with Gasteiger partial charge in [-0.15, -0.1) is 4.37 Å². The van der Waals surface area contributed by atoms with E-state index >= 15 is 0 Å². The van der Waals surface area contributed by atoms with Crippen molar-refractivity contribution in [3.05, 3.63) is 29.0 Å². The van der Waals surface area contributed by atoms with Gasteiger partial charge in [-0.05, 0) is 18.2 Å². The molecule has 0 aliphatic carbocycles. The first-order chi connectivity index (χ1) is 11.6. The maximum atomic E-state index is 13.1. The van der Waals surface area contributed by atoms with E-state index in [2.05, 4.69) is 14.1 Å². The van der Waals surface area contributed by atoms with Crippen molar-refractivity contribution >= 4 is 40.7 Å². The van der Waals surface area contributed by atoms with Gasteiger partial charge in [0.25, 0.3) is 11.8 Å². The summed E-state index contributed by atoms with van der Waals surface area (Å²) in [6, 6.07) is 3.93. The summed E-state index contributed by atoms with van der Waals surface area (Å²) in [6.07, 6.45) is 0. The van der Waals surface area contributed by atoms with Gasteiger partial charge in [0.2, 0.25) is 5.82 Å². The first-order valence-corrected chi connectivity index (χ1v) is 8.27. The van der Waals surface area contributed by atoms with Crippen molar-refractivity contribution in [1.82, 2.24) is 8.75 Å². The fourth-order valence-electron chi connectivity index (χ4n) is 2.14. The molecule has 2 aromatic rings. The summed E-state index contributed by atoms with van der Waals surface area (Å²) in [5, 5.41) is 2.52. The molecule has 1 fully saturated rings. The molecule has 0 unspecified atom stereocenters. The number of morpholine rings is 1. The number of carbonyl (C=O) groups is 1. The molecule has 0 bridgehead atoms. The summed E-state index contributed by atoms with van der Waals surface area (Å²) in [7, 11) is 0. The van der Waals surface area contributed by atoms with Crippen LogP contribution in [-0.2, 0) is 9.53 Å². The second-order valence-electron chi connectivity index (χ2n) is 4.96. The minimum Gasteiger partial charge on any atom is -0.464 e. The highest BCUT2D eigenvalue weighted by atomic mass is 35.5. The van der Waals surface area contributed by atoms with E-state index in [0.29, 0.717) is 43.7 Å². The van der Waals surface area contributed by atoms with Crippen LogP contribution in [0, 0.1) is 5.82 Å². The summed E-state index contributed by atoms with van der Waals surface area (Å²) in [4.78, 5) is 13.9. The summed E-state index contributed by atoms with van der Waals surface area (Å²) >= 11 is 6.69. The lowest BCUT2D eigenvalue weighted by atomic mass is 10.3. The zero-order valence-corrected chi connectivity index (χ0v) is 14.1. The number of hydrogen-bond donors (Lipinski definition) is 1. The van der Waals surface area contributed by atoms with Crippen molar-refractivity contribution in [3.8, 4) is 5.88 Å². The normalized spacial score (nSPS) is 14.5. The fourth-order valence-corrected chi connectivity index (χ4v) is 2.84. The molecule has 10 heteroatoms. The van der Waals surface area contributed by atoms with E-state index < -0.39 is 11.7 Å². The highest BCUT2D eigenvalue weighted by Crippen LogP contribution is 2.26. The molecule has 1 aromatic carbocycles. The van der Waals surface area contributed by atoms with Gasteiger partial charge in [-0.25, -0.2) is 4.39 Å². The van der Waals surface area contributed by atoms with Crippen molar-refractivity contribution in [2.45, 2.75) is 0 Å². The number of halogens is 2. The van der Waals surface area contributed by atoms with E-state index in [1.165, 1.54) is 18.2 Å². The maximum Gasteiger partial charge on any atom is 0.271 e. The predicted molar refractivity (Wildman–Crippen MR) is 88.5 cm³/mol. The van der Waals surface area contributed by atoms with Gasteiger partial charge in [0.15, 0.2) is 6.61 Å². The van der Waals surface area contributed by atoms with Crippen LogP contribution in [0.3, 0.4) is 0 Å². The summed E-state index contributed by atoms with van der Waals surface area (Å²) in [5.74, 6) is -0.0247. The van der Waals surface area contributed by atoms with E-state index in [-0.39, 0.29) is 11.6 Å². The number of anilines is 2. The van der Waals surface area contributed by atoms with Gasteiger partial charge >= 0.3 is 0 Å². The standard InChI is InChI=1S/C14H14ClFN4O3S/c15-10-7-9(1-2-11(10)16)17-12(21)8-23-14-13(18-24-19-14)20-3-5-22-6-4-20/h1-2,7H,3-6,8H2,(H,17,21). The molecule has 24 heavy (non-hydrogen) atoms. The average Bonchev–Trinajstić information content (AvgIpc) is 3.06. The third-order valence-electron chi connectivity index (χ3n) is 3.30. The van der Waals surface area contributed by atoms with Crippen molar-refractivity contribution in [1.29, 1.82) is 0 Å². The van der Waals surface area contributed by atoms with Gasteiger partial charge in [-0.2, -0.15) is 4.37 Å². The lowest BCUT2D eigenvalue weighted by Gasteiger charge is -2.26. The lowest BCUT2D eigenvalue weighted by molar-refractivity contribution is -0.118. The highest BCUT2D eigenvalue weighted by Gasteiger charge is 2.20. The Morgan fingerprint density at radius 2 is 2.21 bits per heavy atom. The number of nitrogens with zero attached hydrogens (tertiary/aromatic N) is 3. The van der Waals surface area contributed by atoms with E-state index in [1.807, 2.05) is 4.90 Å². The fraction of sp³-hybridized carbons (Fsp3) is 0.357. The van der Waals surface area contributed by atoms with Crippen LogP contribution in [0.1, 0.15) is 0 Å². The minimum absolute atomic E-state index is 0.0629. The monoisotopic (exact) mass is 372 g/mol. The van der Waals surface area contributed by atoms with Gasteiger partial charge in [-0.1, -0.05) is 11.6 Å². The number of benzene rings is 1. The van der Waals surface area contributed by atoms with E-state index in [0.717, 1.165) is 11.7 Å². The van der Waals surface area contributed by atoms with Gasteiger partial charge in [0.1, 0.15) is 5.82 Å². The summed E-state index contributed by atoms with van der Waals surface area (Å²) < 4.78 is 32.1. The Balaban J connectivity index is 1.56. The molecule has 7 nitrogen and oxygen atoms in total. The zero-order chi connectivity index (χ0) is 16.9. The first kappa shape index (κ1) is 16.9. The number of hydrogen-bond acceptors (Lipinski definition) is 7. The van der Waals surface area contributed by atoms with Crippen LogP contribution < -0.4 is 15.0 Å². The number of rotatable bonds is 5. The van der Waals surface area contributed by atoms with Gasteiger partial charge < -0.3 is 19.7 Å². The molecule has 0 radical (unpaired) electrons. The molecule has 2 heterocycles. The smallest absolute Gasteiger partial charge is 0.271 e. The molecule has 1 aromatic heterocycles. The Kier molecular flexibility index (Phi) is 5.44. The van der Waals surface area contributed by atoms with Crippen molar-refractivity contribution in [3.63, 3.8) is 0 Å². The van der Waals surface area contributed by atoms with Crippen molar-refractivity contribution in [2.24, 2.45) is 0 Å². The minimum atomic E-state index is -0.547. The third-order valence-corrected chi connectivity index (χ3v) is 4.09. The van der Waals surface area contributed by atoms with Crippen LogP contribution >= 0.6 is 23.3 Å². The van der Waals surface area contributed by atoms with Crippen LogP contribution in [0.5, 0.6) is 5.88 Å². The Hall–Kier alpha value is -1.97. The van der Waals surface area contributed by atoms with Gasteiger partial charge in [0.05, 0.1) is 30.0 Å². The maximum absolute atomic E-state index is 13.1. The Morgan fingerprint density at radius 3 is 2.96 bits per heavy atom. The number of aromatic nitrogens is 2. The van der Waals surface area contributed by atoms with E-state index in [1.54, 1.807) is 0 Å². The van der Waals surface area contributed by atoms with Crippen LogP contribution in [0.2, 0.25) is 5.02 Å². The third kappa shape index (κ3) is 4.11. The predicted octanol–water partition coefficient (Wildman–Crippen LogP) is 2.18.